The maximum atomic E-state index is 5.69. The Kier molecular flexibility index (Phi) is 3.77. The highest BCUT2D eigenvalue weighted by molar-refractivity contribution is 6.29. The fourth-order valence-electron chi connectivity index (χ4n) is 0.817. The second-order valence-electron chi connectivity index (χ2n) is 2.36. The number of nitrogens with two attached hydrogens (primary N) is 1. The number of nitrogens with zero attached hydrogens (tertiary/aromatic N) is 1. The van der Waals surface area contributed by atoms with Gasteiger partial charge in [-0.05, 0) is 31.2 Å². The van der Waals surface area contributed by atoms with Gasteiger partial charge in [0.1, 0.15) is 5.15 Å². The quantitative estimate of drug-likeness (QED) is 0.728. The molecule has 0 aliphatic heterocycles. The Labute approximate surface area is 77.1 Å². The molecule has 0 unspecified atom stereocenters. The van der Waals surface area contributed by atoms with Crippen molar-refractivity contribution in [1.29, 1.82) is 0 Å². The van der Waals surface area contributed by atoms with Gasteiger partial charge in [-0.3, -0.25) is 0 Å². The van der Waals surface area contributed by atoms with E-state index in [4.69, 9.17) is 17.3 Å². The second-order valence-corrected chi connectivity index (χ2v) is 2.75. The number of pyridine rings is 1. The first-order chi connectivity index (χ1) is 5.83. The SMILES string of the molecule is NCCC=Cc1cccc(Cl)n1. The molecule has 0 saturated heterocycles. The van der Waals surface area contributed by atoms with Crippen molar-refractivity contribution < 1.29 is 0 Å². The number of aromatic nitrogens is 1. The molecule has 2 nitrogen and oxygen atoms in total. The van der Waals surface area contributed by atoms with Crippen LogP contribution in [-0.2, 0) is 0 Å². The van der Waals surface area contributed by atoms with Gasteiger partial charge < -0.3 is 5.73 Å². The van der Waals surface area contributed by atoms with E-state index in [9.17, 15) is 0 Å². The van der Waals surface area contributed by atoms with Gasteiger partial charge >= 0.3 is 0 Å². The predicted octanol–water partition coefficient (Wildman–Crippen LogP) is 2.10. The van der Waals surface area contributed by atoms with Crippen LogP contribution in [0.4, 0.5) is 0 Å². The van der Waals surface area contributed by atoms with Crippen molar-refractivity contribution >= 4 is 17.7 Å². The lowest BCUT2D eigenvalue weighted by Gasteiger charge is -1.92. The summed E-state index contributed by atoms with van der Waals surface area (Å²) < 4.78 is 0. The van der Waals surface area contributed by atoms with Crippen LogP contribution in [0.25, 0.3) is 6.08 Å². The summed E-state index contributed by atoms with van der Waals surface area (Å²) in [6.07, 6.45) is 4.77. The van der Waals surface area contributed by atoms with Crippen molar-refractivity contribution in [3.05, 3.63) is 35.1 Å². The Morgan fingerprint density at radius 3 is 3.00 bits per heavy atom. The van der Waals surface area contributed by atoms with Crippen molar-refractivity contribution in [3.8, 4) is 0 Å². The van der Waals surface area contributed by atoms with Crippen LogP contribution in [0.2, 0.25) is 5.15 Å². The van der Waals surface area contributed by atoms with Gasteiger partial charge in [-0.15, -0.1) is 0 Å². The molecule has 64 valence electrons. The molecule has 0 aliphatic rings. The molecule has 2 N–H and O–H groups in total. The zero-order valence-corrected chi connectivity index (χ0v) is 7.46. The average molecular weight is 183 g/mol. The van der Waals surface area contributed by atoms with Gasteiger partial charge in [0, 0.05) is 0 Å². The third kappa shape index (κ3) is 3.03. The van der Waals surface area contributed by atoms with Gasteiger partial charge in [-0.2, -0.15) is 0 Å². The molecule has 0 fully saturated rings. The molecule has 12 heavy (non-hydrogen) atoms. The van der Waals surface area contributed by atoms with E-state index in [1.54, 1.807) is 6.07 Å². The fourth-order valence-corrected chi connectivity index (χ4v) is 0.987. The molecule has 0 spiro atoms. The molecule has 1 aromatic heterocycles. The monoisotopic (exact) mass is 182 g/mol. The third-order valence-corrected chi connectivity index (χ3v) is 1.57. The van der Waals surface area contributed by atoms with Crippen molar-refractivity contribution in [3.63, 3.8) is 0 Å². The van der Waals surface area contributed by atoms with Crippen LogP contribution in [0.1, 0.15) is 12.1 Å². The van der Waals surface area contributed by atoms with Crippen LogP contribution in [0.3, 0.4) is 0 Å². The summed E-state index contributed by atoms with van der Waals surface area (Å²) in [5.74, 6) is 0. The average Bonchev–Trinajstić information content (AvgIpc) is 2.05. The van der Waals surface area contributed by atoms with E-state index in [-0.39, 0.29) is 0 Å². The molecule has 0 atom stereocenters. The minimum absolute atomic E-state index is 0.518. The summed E-state index contributed by atoms with van der Waals surface area (Å²) in [7, 11) is 0. The van der Waals surface area contributed by atoms with Gasteiger partial charge in [0.25, 0.3) is 0 Å². The summed E-state index contributed by atoms with van der Waals surface area (Å²) in [6, 6.07) is 5.53. The van der Waals surface area contributed by atoms with Crippen LogP contribution in [0, 0.1) is 0 Å². The lowest BCUT2D eigenvalue weighted by atomic mass is 10.3. The van der Waals surface area contributed by atoms with E-state index < -0.39 is 0 Å². The molecule has 3 heteroatoms. The van der Waals surface area contributed by atoms with Gasteiger partial charge in [0.2, 0.25) is 0 Å². The lowest BCUT2D eigenvalue weighted by molar-refractivity contribution is 1.01. The number of hydrogen-bond acceptors (Lipinski definition) is 2. The molecule has 0 saturated carbocycles. The van der Waals surface area contributed by atoms with E-state index in [0.717, 1.165) is 12.1 Å². The topological polar surface area (TPSA) is 38.9 Å². The Balaban J connectivity index is 2.63. The first kappa shape index (κ1) is 9.23. The standard InChI is InChI=1S/C9H11ClN2/c10-9-6-3-5-8(12-9)4-1-2-7-11/h1,3-6H,2,7,11H2. The molecule has 0 amide bonds. The van der Waals surface area contributed by atoms with Crippen LogP contribution in [-0.4, -0.2) is 11.5 Å². The Hall–Kier alpha value is -0.860. The molecule has 0 bridgehead atoms. The maximum Gasteiger partial charge on any atom is 0.129 e. The number of hydrogen-bond donors (Lipinski definition) is 1. The Morgan fingerprint density at radius 2 is 2.33 bits per heavy atom. The largest absolute Gasteiger partial charge is 0.330 e. The molecular weight excluding hydrogens is 172 g/mol. The van der Waals surface area contributed by atoms with Gasteiger partial charge in [0.15, 0.2) is 0 Å². The Bertz CT molecular complexity index is 271. The van der Waals surface area contributed by atoms with E-state index in [1.165, 1.54) is 0 Å². The van der Waals surface area contributed by atoms with Crippen molar-refractivity contribution in [2.75, 3.05) is 6.54 Å². The summed E-state index contributed by atoms with van der Waals surface area (Å²) >= 11 is 5.69. The normalized spacial score (nSPS) is 10.8. The molecule has 0 aromatic carbocycles. The third-order valence-electron chi connectivity index (χ3n) is 1.36. The molecule has 1 heterocycles. The molecule has 0 radical (unpaired) electrons. The predicted molar refractivity (Wildman–Crippen MR) is 52.0 cm³/mol. The zero-order valence-electron chi connectivity index (χ0n) is 6.70. The van der Waals surface area contributed by atoms with E-state index in [1.807, 2.05) is 24.3 Å². The summed E-state index contributed by atoms with van der Waals surface area (Å²) in [4.78, 5) is 4.08. The Morgan fingerprint density at radius 1 is 1.50 bits per heavy atom. The van der Waals surface area contributed by atoms with E-state index in [2.05, 4.69) is 4.98 Å². The lowest BCUT2D eigenvalue weighted by Crippen LogP contribution is -1.95. The number of rotatable bonds is 3. The van der Waals surface area contributed by atoms with Crippen molar-refractivity contribution in [1.82, 2.24) is 4.98 Å². The second kappa shape index (κ2) is 4.91. The maximum absolute atomic E-state index is 5.69. The van der Waals surface area contributed by atoms with Crippen molar-refractivity contribution in [2.45, 2.75) is 6.42 Å². The highest BCUT2D eigenvalue weighted by Crippen LogP contribution is 2.06. The van der Waals surface area contributed by atoms with Crippen LogP contribution in [0.15, 0.2) is 24.3 Å². The molecular formula is C9H11ClN2. The summed E-state index contributed by atoms with van der Waals surface area (Å²) in [6.45, 7) is 0.664. The van der Waals surface area contributed by atoms with E-state index in [0.29, 0.717) is 11.7 Å². The van der Waals surface area contributed by atoms with Crippen molar-refractivity contribution in [2.24, 2.45) is 5.73 Å². The molecule has 0 aliphatic carbocycles. The van der Waals surface area contributed by atoms with Gasteiger partial charge in [0.05, 0.1) is 5.69 Å². The first-order valence-electron chi connectivity index (χ1n) is 3.82. The molecule has 1 aromatic rings. The van der Waals surface area contributed by atoms with Crippen LogP contribution in [0.5, 0.6) is 0 Å². The smallest absolute Gasteiger partial charge is 0.129 e. The molecule has 1 rings (SSSR count). The highest BCUT2D eigenvalue weighted by atomic mass is 35.5. The zero-order chi connectivity index (χ0) is 8.81. The number of halogens is 1. The van der Waals surface area contributed by atoms with Gasteiger partial charge in [-0.1, -0.05) is 23.7 Å². The van der Waals surface area contributed by atoms with Gasteiger partial charge in [-0.25, -0.2) is 4.98 Å². The summed E-state index contributed by atoms with van der Waals surface area (Å²) in [5, 5.41) is 0.518. The highest BCUT2D eigenvalue weighted by Gasteiger charge is 1.88. The minimum Gasteiger partial charge on any atom is -0.330 e. The van der Waals surface area contributed by atoms with Crippen LogP contribution >= 0.6 is 11.6 Å². The van der Waals surface area contributed by atoms with E-state index >= 15 is 0 Å². The first-order valence-corrected chi connectivity index (χ1v) is 4.20. The van der Waals surface area contributed by atoms with Crippen LogP contribution < -0.4 is 5.73 Å². The summed E-state index contributed by atoms with van der Waals surface area (Å²) in [5.41, 5.74) is 6.20. The minimum atomic E-state index is 0.518. The fraction of sp³-hybridized carbons (Fsp3) is 0.222.